The first-order chi connectivity index (χ1) is 10.2. The van der Waals surface area contributed by atoms with Gasteiger partial charge in [-0.2, -0.15) is 5.10 Å². The molecule has 0 spiro atoms. The van der Waals surface area contributed by atoms with Crippen LogP contribution in [0, 0.1) is 6.92 Å². The van der Waals surface area contributed by atoms with Gasteiger partial charge >= 0.3 is 0 Å². The normalized spacial score (nSPS) is 21.8. The third kappa shape index (κ3) is 3.28. The molecule has 1 aliphatic heterocycles. The molecule has 21 heavy (non-hydrogen) atoms. The van der Waals surface area contributed by atoms with Gasteiger partial charge in [0.15, 0.2) is 5.82 Å². The molecule has 2 heterocycles. The molecule has 3 rings (SSSR count). The van der Waals surface area contributed by atoms with Crippen molar-refractivity contribution in [2.45, 2.75) is 64.3 Å². The van der Waals surface area contributed by atoms with Crippen molar-refractivity contribution in [1.82, 2.24) is 15.1 Å². The number of aromatic amines is 1. The molecule has 2 aliphatic rings. The summed E-state index contributed by atoms with van der Waals surface area (Å²) in [6, 6.07) is -0.0800. The average molecular weight is 290 g/mol. The van der Waals surface area contributed by atoms with E-state index in [9.17, 15) is 4.79 Å². The highest BCUT2D eigenvalue weighted by Gasteiger charge is 2.29. The number of hydrogen-bond donors (Lipinski definition) is 2. The van der Waals surface area contributed by atoms with Crippen LogP contribution in [0.4, 0.5) is 5.82 Å². The lowest BCUT2D eigenvalue weighted by atomic mass is 10.2. The Labute approximate surface area is 126 Å². The molecule has 0 radical (unpaired) electrons. The number of aromatic nitrogens is 2. The number of nitrogens with one attached hydrogen (secondary N) is 2. The largest absolute Gasteiger partial charge is 0.308 e. The molecule has 1 aliphatic carbocycles. The fraction of sp³-hybridized carbons (Fsp3) is 0.750. The minimum Gasteiger partial charge on any atom is -0.308 e. The van der Waals surface area contributed by atoms with E-state index in [4.69, 9.17) is 0 Å². The predicted octanol–water partition coefficient (Wildman–Crippen LogP) is 2.80. The summed E-state index contributed by atoms with van der Waals surface area (Å²) in [7, 11) is 0. The number of likely N-dealkylation sites (tertiary alicyclic amines) is 1. The van der Waals surface area contributed by atoms with Gasteiger partial charge in [0.2, 0.25) is 5.91 Å². The van der Waals surface area contributed by atoms with Crippen molar-refractivity contribution >= 4 is 11.7 Å². The summed E-state index contributed by atoms with van der Waals surface area (Å²) in [6.45, 7) is 6.11. The van der Waals surface area contributed by atoms with E-state index in [-0.39, 0.29) is 11.9 Å². The van der Waals surface area contributed by atoms with Crippen LogP contribution >= 0.6 is 0 Å². The molecule has 1 aromatic heterocycles. The van der Waals surface area contributed by atoms with Crippen molar-refractivity contribution in [3.05, 3.63) is 11.3 Å². The predicted molar refractivity (Wildman–Crippen MR) is 83.4 cm³/mol. The Kier molecular flexibility index (Phi) is 4.29. The monoisotopic (exact) mass is 290 g/mol. The molecule has 0 aromatic carbocycles. The lowest BCUT2D eigenvalue weighted by Crippen LogP contribution is -2.42. The second-order valence-electron chi connectivity index (χ2n) is 6.50. The van der Waals surface area contributed by atoms with Crippen LogP contribution in [-0.2, 0) is 4.79 Å². The van der Waals surface area contributed by atoms with Gasteiger partial charge in [0, 0.05) is 17.2 Å². The average Bonchev–Trinajstić information content (AvgIpc) is 3.28. The molecule has 1 aromatic rings. The van der Waals surface area contributed by atoms with E-state index < -0.39 is 0 Å². The molecule has 1 amide bonds. The van der Waals surface area contributed by atoms with Gasteiger partial charge in [-0.3, -0.25) is 14.8 Å². The Bertz CT molecular complexity index is 498. The van der Waals surface area contributed by atoms with Crippen molar-refractivity contribution in [1.29, 1.82) is 0 Å². The highest BCUT2D eigenvalue weighted by Crippen LogP contribution is 2.41. The summed E-state index contributed by atoms with van der Waals surface area (Å²) >= 11 is 0. The van der Waals surface area contributed by atoms with E-state index in [1.54, 1.807) is 0 Å². The van der Waals surface area contributed by atoms with Crippen LogP contribution < -0.4 is 5.32 Å². The van der Waals surface area contributed by atoms with Crippen LogP contribution in [0.1, 0.15) is 62.6 Å². The molecule has 116 valence electrons. The number of carbonyl (C=O) groups is 1. The second kappa shape index (κ2) is 6.18. The third-order valence-corrected chi connectivity index (χ3v) is 4.84. The van der Waals surface area contributed by atoms with Crippen LogP contribution in [-0.4, -0.2) is 40.1 Å². The minimum absolute atomic E-state index is 0.0637. The maximum atomic E-state index is 12.5. The number of rotatable bonds is 4. The molecule has 1 saturated heterocycles. The van der Waals surface area contributed by atoms with E-state index >= 15 is 0 Å². The second-order valence-corrected chi connectivity index (χ2v) is 6.50. The van der Waals surface area contributed by atoms with Crippen molar-refractivity contribution in [2.75, 3.05) is 18.4 Å². The fourth-order valence-corrected chi connectivity index (χ4v) is 3.17. The third-order valence-electron chi connectivity index (χ3n) is 4.84. The van der Waals surface area contributed by atoms with Crippen LogP contribution in [0.15, 0.2) is 0 Å². The summed E-state index contributed by atoms with van der Waals surface area (Å²) < 4.78 is 0. The summed E-state index contributed by atoms with van der Waals surface area (Å²) in [6.07, 6.45) is 7.44. The highest BCUT2D eigenvalue weighted by molar-refractivity contribution is 5.94. The van der Waals surface area contributed by atoms with E-state index in [0.29, 0.717) is 11.7 Å². The van der Waals surface area contributed by atoms with Crippen LogP contribution in [0.2, 0.25) is 0 Å². The Hall–Kier alpha value is -1.36. The Morgan fingerprint density at radius 3 is 2.57 bits per heavy atom. The molecule has 0 bridgehead atoms. The van der Waals surface area contributed by atoms with E-state index in [2.05, 4.69) is 20.4 Å². The maximum Gasteiger partial charge on any atom is 0.242 e. The first kappa shape index (κ1) is 14.6. The zero-order valence-corrected chi connectivity index (χ0v) is 13.1. The first-order valence-electron chi connectivity index (χ1n) is 8.26. The fourth-order valence-electron chi connectivity index (χ4n) is 3.17. The number of carbonyl (C=O) groups excluding carboxylic acids is 1. The quantitative estimate of drug-likeness (QED) is 0.896. The van der Waals surface area contributed by atoms with Crippen molar-refractivity contribution in [2.24, 2.45) is 0 Å². The molecular weight excluding hydrogens is 264 g/mol. The van der Waals surface area contributed by atoms with Gasteiger partial charge in [-0.1, -0.05) is 12.8 Å². The standard InChI is InChI=1S/C16H26N4O/c1-11-14(13-7-8-13)18-19-15(11)17-16(21)12(2)20-9-5-3-4-6-10-20/h12-13H,3-10H2,1-2H3,(H2,17,18,19,21)/t12-/m1/s1. The van der Waals surface area contributed by atoms with Crippen LogP contribution in [0.25, 0.3) is 0 Å². The van der Waals surface area contributed by atoms with Crippen molar-refractivity contribution in [3.63, 3.8) is 0 Å². The Morgan fingerprint density at radius 1 is 1.29 bits per heavy atom. The Morgan fingerprint density at radius 2 is 1.95 bits per heavy atom. The van der Waals surface area contributed by atoms with Gasteiger partial charge in [0.1, 0.15) is 0 Å². The molecule has 2 fully saturated rings. The maximum absolute atomic E-state index is 12.5. The van der Waals surface area contributed by atoms with E-state index in [1.165, 1.54) is 44.2 Å². The zero-order chi connectivity index (χ0) is 14.8. The van der Waals surface area contributed by atoms with E-state index in [1.807, 2.05) is 13.8 Å². The van der Waals surface area contributed by atoms with Gasteiger partial charge < -0.3 is 5.32 Å². The lowest BCUT2D eigenvalue weighted by molar-refractivity contribution is -0.120. The first-order valence-corrected chi connectivity index (χ1v) is 8.26. The number of hydrogen-bond acceptors (Lipinski definition) is 3. The van der Waals surface area contributed by atoms with Gasteiger partial charge in [-0.25, -0.2) is 0 Å². The number of anilines is 1. The molecule has 1 atom stereocenters. The topological polar surface area (TPSA) is 61.0 Å². The lowest BCUT2D eigenvalue weighted by Gasteiger charge is -2.26. The number of amides is 1. The summed E-state index contributed by atoms with van der Waals surface area (Å²) in [5.41, 5.74) is 2.31. The summed E-state index contributed by atoms with van der Waals surface area (Å²) in [5.74, 6) is 1.41. The number of nitrogens with zero attached hydrogens (tertiary/aromatic N) is 2. The zero-order valence-electron chi connectivity index (χ0n) is 13.1. The highest BCUT2D eigenvalue weighted by atomic mass is 16.2. The Balaban J connectivity index is 1.62. The van der Waals surface area contributed by atoms with Crippen molar-refractivity contribution < 1.29 is 4.79 Å². The van der Waals surface area contributed by atoms with Gasteiger partial charge in [-0.15, -0.1) is 0 Å². The van der Waals surface area contributed by atoms with Gasteiger partial charge in [0.05, 0.1) is 6.04 Å². The molecule has 2 N–H and O–H groups in total. The van der Waals surface area contributed by atoms with Crippen molar-refractivity contribution in [3.8, 4) is 0 Å². The number of H-pyrrole nitrogens is 1. The SMILES string of the molecule is Cc1c(NC(=O)[C@@H](C)N2CCCCCC2)n[nH]c1C1CC1. The molecule has 5 heteroatoms. The summed E-state index contributed by atoms with van der Waals surface area (Å²) in [5, 5.41) is 10.4. The van der Waals surface area contributed by atoms with Crippen LogP contribution in [0.3, 0.4) is 0 Å². The summed E-state index contributed by atoms with van der Waals surface area (Å²) in [4.78, 5) is 14.8. The minimum atomic E-state index is -0.0800. The molecule has 5 nitrogen and oxygen atoms in total. The van der Waals surface area contributed by atoms with E-state index in [0.717, 1.165) is 18.7 Å². The molecular formula is C16H26N4O. The van der Waals surface area contributed by atoms with Crippen LogP contribution in [0.5, 0.6) is 0 Å². The molecule has 1 saturated carbocycles. The van der Waals surface area contributed by atoms with Gasteiger partial charge in [0.25, 0.3) is 0 Å². The smallest absolute Gasteiger partial charge is 0.242 e. The van der Waals surface area contributed by atoms with Gasteiger partial charge in [-0.05, 0) is 52.6 Å². The molecule has 0 unspecified atom stereocenters.